The number of rotatable bonds is 4. The van der Waals surface area contributed by atoms with Gasteiger partial charge in [-0.1, -0.05) is 18.2 Å². The van der Waals surface area contributed by atoms with Crippen LogP contribution in [0.25, 0.3) is 16.6 Å². The second-order valence-corrected chi connectivity index (χ2v) is 8.28. The molecule has 1 N–H and O–H groups in total. The quantitative estimate of drug-likeness (QED) is 0.515. The molecule has 6 nitrogen and oxygen atoms in total. The summed E-state index contributed by atoms with van der Waals surface area (Å²) >= 11 is 0. The van der Waals surface area contributed by atoms with Crippen LogP contribution in [0.3, 0.4) is 0 Å². The van der Waals surface area contributed by atoms with E-state index in [1.165, 1.54) is 16.7 Å². The van der Waals surface area contributed by atoms with Crippen LogP contribution >= 0.6 is 0 Å². The molecule has 31 heavy (non-hydrogen) atoms. The summed E-state index contributed by atoms with van der Waals surface area (Å²) in [5.41, 5.74) is -3.39. The third kappa shape index (κ3) is 3.74. The molecule has 0 saturated heterocycles. The Bertz CT molecular complexity index is 1350. The zero-order valence-corrected chi connectivity index (χ0v) is 16.9. The number of benzene rings is 2. The van der Waals surface area contributed by atoms with Crippen LogP contribution in [0, 0.1) is 6.92 Å². The number of hydrogen-bond donors (Lipinski definition) is 1. The average Bonchev–Trinajstić information content (AvgIpc) is 2.96. The van der Waals surface area contributed by atoms with Crippen LogP contribution in [0.2, 0.25) is 0 Å². The molecule has 0 aliphatic carbocycles. The first kappa shape index (κ1) is 20.9. The molecule has 0 radical (unpaired) electrons. The summed E-state index contributed by atoms with van der Waals surface area (Å²) in [6, 6.07) is 13.7. The molecule has 160 valence electrons. The number of pyridine rings is 1. The van der Waals surface area contributed by atoms with E-state index in [9.17, 15) is 27.3 Å². The zero-order chi connectivity index (χ0) is 22.3. The van der Waals surface area contributed by atoms with E-state index in [2.05, 4.69) is 4.98 Å². The Kier molecular flexibility index (Phi) is 5.18. The minimum atomic E-state index is -4.88. The normalized spacial score (nSPS) is 12.9. The van der Waals surface area contributed by atoms with Crippen LogP contribution in [0.15, 0.2) is 70.5 Å². The van der Waals surface area contributed by atoms with Gasteiger partial charge in [-0.05, 0) is 48.9 Å². The van der Waals surface area contributed by atoms with Gasteiger partial charge in [0.05, 0.1) is 23.4 Å². The topological polar surface area (TPSA) is 77.1 Å². The van der Waals surface area contributed by atoms with Crippen LogP contribution in [-0.4, -0.2) is 28.9 Å². The highest BCUT2D eigenvalue weighted by Crippen LogP contribution is 2.28. The Balaban J connectivity index is 1.75. The van der Waals surface area contributed by atoms with Crippen molar-refractivity contribution in [3.05, 3.63) is 82.5 Å². The third-order valence-electron chi connectivity index (χ3n) is 4.95. The van der Waals surface area contributed by atoms with Gasteiger partial charge >= 0.3 is 11.2 Å². The van der Waals surface area contributed by atoms with Gasteiger partial charge in [-0.2, -0.15) is 13.2 Å². The molecule has 4 rings (SSSR count). The van der Waals surface area contributed by atoms with Crippen molar-refractivity contribution >= 4 is 21.7 Å². The SMILES string of the molecule is Cc1c(O)n(-c2ccc(S(=O)C(F)(F)F)cc2)c(=O)n1Cc1ccnc2ccccc12. The van der Waals surface area contributed by atoms with Gasteiger partial charge in [-0.15, -0.1) is 0 Å². The molecular weight excluding hydrogens is 431 g/mol. The van der Waals surface area contributed by atoms with Crippen LogP contribution < -0.4 is 5.69 Å². The Morgan fingerprint density at radius 1 is 1.06 bits per heavy atom. The summed E-state index contributed by atoms with van der Waals surface area (Å²) in [7, 11) is -3.18. The van der Waals surface area contributed by atoms with E-state index in [0.717, 1.165) is 33.2 Å². The van der Waals surface area contributed by atoms with Gasteiger partial charge in [0.15, 0.2) is 10.8 Å². The molecular formula is C21H16F3N3O3S. The number of aromatic hydroxyl groups is 1. The van der Waals surface area contributed by atoms with Crippen molar-refractivity contribution in [3.8, 4) is 11.6 Å². The monoisotopic (exact) mass is 447 g/mol. The molecule has 1 unspecified atom stereocenters. The minimum absolute atomic E-state index is 0.159. The van der Waals surface area contributed by atoms with Crippen molar-refractivity contribution in [1.29, 1.82) is 0 Å². The van der Waals surface area contributed by atoms with E-state index in [4.69, 9.17) is 0 Å². The highest BCUT2D eigenvalue weighted by atomic mass is 32.2. The Morgan fingerprint density at radius 2 is 1.74 bits per heavy atom. The summed E-state index contributed by atoms with van der Waals surface area (Å²) in [4.78, 5) is 16.9. The number of nitrogens with zero attached hydrogens (tertiary/aromatic N) is 3. The van der Waals surface area contributed by atoms with Crippen molar-refractivity contribution < 1.29 is 22.5 Å². The maximum absolute atomic E-state index is 13.0. The fourth-order valence-corrected chi connectivity index (χ4v) is 4.02. The lowest BCUT2D eigenvalue weighted by Crippen LogP contribution is -2.24. The fourth-order valence-electron chi connectivity index (χ4n) is 3.37. The standard InChI is InChI=1S/C21H16F3N3O3S/c1-13-19(28)27(15-6-8-16(9-7-15)31(30)21(22,23)24)20(29)26(13)12-14-10-11-25-18-5-3-2-4-17(14)18/h2-11,28H,12H2,1H3. The van der Waals surface area contributed by atoms with Gasteiger partial charge < -0.3 is 5.11 Å². The van der Waals surface area contributed by atoms with E-state index in [0.29, 0.717) is 5.69 Å². The van der Waals surface area contributed by atoms with Gasteiger partial charge in [0.2, 0.25) is 5.88 Å². The second kappa shape index (κ2) is 7.69. The van der Waals surface area contributed by atoms with Crippen LogP contribution in [-0.2, 0) is 17.3 Å². The molecule has 2 aromatic heterocycles. The molecule has 0 fully saturated rings. The van der Waals surface area contributed by atoms with E-state index in [1.807, 2.05) is 24.3 Å². The van der Waals surface area contributed by atoms with E-state index < -0.39 is 26.9 Å². The first-order valence-electron chi connectivity index (χ1n) is 9.11. The lowest BCUT2D eigenvalue weighted by molar-refractivity contribution is -0.0384. The summed E-state index contributed by atoms with van der Waals surface area (Å²) in [5.74, 6) is -0.326. The lowest BCUT2D eigenvalue weighted by Gasteiger charge is -2.08. The van der Waals surface area contributed by atoms with Gasteiger partial charge in [0.25, 0.3) is 0 Å². The fraction of sp³-hybridized carbons (Fsp3) is 0.143. The first-order chi connectivity index (χ1) is 14.7. The molecule has 0 saturated carbocycles. The van der Waals surface area contributed by atoms with E-state index >= 15 is 0 Å². The van der Waals surface area contributed by atoms with E-state index in [-0.39, 0.29) is 18.1 Å². The first-order valence-corrected chi connectivity index (χ1v) is 10.3. The summed E-state index contributed by atoms with van der Waals surface area (Å²) in [5, 5.41) is 11.4. The van der Waals surface area contributed by atoms with Crippen molar-refractivity contribution in [1.82, 2.24) is 14.1 Å². The van der Waals surface area contributed by atoms with Gasteiger partial charge in [0, 0.05) is 16.5 Å². The number of alkyl halides is 3. The van der Waals surface area contributed by atoms with E-state index in [1.54, 1.807) is 19.2 Å². The predicted octanol–water partition coefficient (Wildman–Crippen LogP) is 3.88. The number of hydrogen-bond acceptors (Lipinski definition) is 4. The van der Waals surface area contributed by atoms with Crippen molar-refractivity contribution in [3.63, 3.8) is 0 Å². The number of aromatic nitrogens is 3. The molecule has 0 spiro atoms. The molecule has 4 aromatic rings. The minimum Gasteiger partial charge on any atom is -0.493 e. The highest BCUT2D eigenvalue weighted by Gasteiger charge is 2.37. The molecule has 0 amide bonds. The maximum Gasteiger partial charge on any atom is 0.475 e. The Labute approximate surface area is 176 Å². The lowest BCUT2D eigenvalue weighted by atomic mass is 10.1. The largest absolute Gasteiger partial charge is 0.493 e. The van der Waals surface area contributed by atoms with Crippen LogP contribution in [0.5, 0.6) is 5.88 Å². The predicted molar refractivity (Wildman–Crippen MR) is 110 cm³/mol. The Morgan fingerprint density at radius 3 is 2.42 bits per heavy atom. The molecule has 1 atom stereocenters. The molecule has 0 bridgehead atoms. The van der Waals surface area contributed by atoms with Crippen molar-refractivity contribution in [2.24, 2.45) is 0 Å². The van der Waals surface area contributed by atoms with Crippen molar-refractivity contribution in [2.75, 3.05) is 0 Å². The smallest absolute Gasteiger partial charge is 0.475 e. The maximum atomic E-state index is 13.0. The number of para-hydroxylation sites is 1. The third-order valence-corrected chi connectivity index (χ3v) is 6.07. The van der Waals surface area contributed by atoms with Crippen molar-refractivity contribution in [2.45, 2.75) is 23.9 Å². The van der Waals surface area contributed by atoms with Crippen LogP contribution in [0.1, 0.15) is 11.3 Å². The average molecular weight is 447 g/mol. The number of fused-ring (bicyclic) bond motifs is 1. The highest BCUT2D eigenvalue weighted by molar-refractivity contribution is 7.86. The number of halogens is 3. The zero-order valence-electron chi connectivity index (χ0n) is 16.1. The number of imidazole rings is 1. The van der Waals surface area contributed by atoms with Crippen LogP contribution in [0.4, 0.5) is 13.2 Å². The summed E-state index contributed by atoms with van der Waals surface area (Å²) in [6.07, 6.45) is 1.63. The Hall–Kier alpha value is -3.40. The molecule has 0 aliphatic heterocycles. The summed E-state index contributed by atoms with van der Waals surface area (Å²) in [6.45, 7) is 1.74. The molecule has 2 aromatic carbocycles. The second-order valence-electron chi connectivity index (χ2n) is 6.81. The molecule has 2 heterocycles. The summed E-state index contributed by atoms with van der Waals surface area (Å²) < 4.78 is 51.8. The van der Waals surface area contributed by atoms with Gasteiger partial charge in [-0.3, -0.25) is 9.55 Å². The molecule has 0 aliphatic rings. The van der Waals surface area contributed by atoms with Gasteiger partial charge in [-0.25, -0.2) is 13.6 Å². The van der Waals surface area contributed by atoms with Gasteiger partial charge in [0.1, 0.15) is 0 Å². The molecule has 10 heteroatoms.